The van der Waals surface area contributed by atoms with E-state index in [1.807, 2.05) is 24.3 Å². The lowest BCUT2D eigenvalue weighted by atomic mass is 9.96. The number of aromatic nitrogens is 2. The Labute approximate surface area is 158 Å². The normalized spacial score (nSPS) is 19.2. The van der Waals surface area contributed by atoms with Crippen molar-refractivity contribution in [3.63, 3.8) is 0 Å². The molecule has 1 aliphatic rings. The van der Waals surface area contributed by atoms with Crippen molar-refractivity contribution in [1.29, 1.82) is 0 Å². The fraction of sp³-hybridized carbons (Fsp3) is 0.500. The van der Waals surface area contributed by atoms with Crippen LogP contribution >= 0.6 is 0 Å². The lowest BCUT2D eigenvalue weighted by Gasteiger charge is -2.23. The molecule has 144 valence electrons. The highest BCUT2D eigenvalue weighted by atomic mass is 16.6. The highest BCUT2D eigenvalue weighted by Crippen LogP contribution is 2.34. The molecule has 7 nitrogen and oxygen atoms in total. The third-order valence-corrected chi connectivity index (χ3v) is 5.01. The van der Waals surface area contributed by atoms with E-state index in [2.05, 4.69) is 24.0 Å². The predicted molar refractivity (Wildman–Crippen MR) is 99.2 cm³/mol. The van der Waals surface area contributed by atoms with Crippen molar-refractivity contribution < 1.29 is 18.7 Å². The highest BCUT2D eigenvalue weighted by Gasteiger charge is 2.38. The van der Waals surface area contributed by atoms with Crippen LogP contribution in [-0.2, 0) is 14.3 Å². The number of carbonyl (C=O) groups excluding carboxylic acids is 2. The summed E-state index contributed by atoms with van der Waals surface area (Å²) in [6, 6.07) is 7.88. The smallest absolute Gasteiger partial charge is 0.312 e. The minimum atomic E-state index is -0.643. The number of amides is 1. The Morgan fingerprint density at radius 2 is 2.07 bits per heavy atom. The lowest BCUT2D eigenvalue weighted by Crippen LogP contribution is -2.28. The first-order chi connectivity index (χ1) is 12.9. The molecule has 0 radical (unpaired) electrons. The summed E-state index contributed by atoms with van der Waals surface area (Å²) in [6.45, 7) is 7.93. The number of hydrogen-bond donors (Lipinski definition) is 0. The van der Waals surface area contributed by atoms with E-state index in [1.165, 1.54) is 0 Å². The van der Waals surface area contributed by atoms with Crippen molar-refractivity contribution in [2.45, 2.75) is 52.6 Å². The van der Waals surface area contributed by atoms with Gasteiger partial charge in [0.05, 0.1) is 5.92 Å². The predicted octanol–water partition coefficient (Wildman–Crippen LogP) is 3.55. The highest BCUT2D eigenvalue weighted by molar-refractivity contribution is 6.00. The van der Waals surface area contributed by atoms with Crippen LogP contribution in [0.4, 0.5) is 5.69 Å². The summed E-state index contributed by atoms with van der Waals surface area (Å²) in [5, 5.41) is 7.61. The molecule has 7 heteroatoms. The molecule has 1 fully saturated rings. The zero-order valence-corrected chi connectivity index (χ0v) is 16.1. The number of rotatable bonds is 6. The van der Waals surface area contributed by atoms with Gasteiger partial charge in [-0.2, -0.15) is 0 Å². The number of aryl methyl sites for hydroxylation is 1. The van der Waals surface area contributed by atoms with Gasteiger partial charge in [0.25, 0.3) is 5.89 Å². The third-order valence-electron chi connectivity index (χ3n) is 5.01. The third kappa shape index (κ3) is 4.02. The van der Waals surface area contributed by atoms with Crippen LogP contribution in [0.2, 0.25) is 0 Å². The Balaban J connectivity index is 1.71. The maximum Gasteiger partial charge on any atom is 0.312 e. The van der Waals surface area contributed by atoms with Crippen molar-refractivity contribution in [1.82, 2.24) is 10.2 Å². The number of anilines is 1. The Morgan fingerprint density at radius 1 is 1.33 bits per heavy atom. The van der Waals surface area contributed by atoms with Gasteiger partial charge in [0, 0.05) is 25.6 Å². The minimum absolute atomic E-state index is 0.0611. The number of nitrogens with zero attached hydrogens (tertiary/aromatic N) is 3. The van der Waals surface area contributed by atoms with Gasteiger partial charge in [-0.3, -0.25) is 9.59 Å². The monoisotopic (exact) mass is 371 g/mol. The number of ether oxygens (including phenoxy) is 1. The molecular weight excluding hydrogens is 346 g/mol. The van der Waals surface area contributed by atoms with Crippen LogP contribution in [0.15, 0.2) is 28.7 Å². The number of para-hydroxylation sites is 1. The first-order valence-electron chi connectivity index (χ1n) is 9.30. The average molecular weight is 371 g/mol. The number of hydrogen-bond acceptors (Lipinski definition) is 6. The maximum atomic E-state index is 12.6. The molecule has 2 heterocycles. The molecule has 1 aliphatic heterocycles. The molecule has 1 aromatic carbocycles. The van der Waals surface area contributed by atoms with Gasteiger partial charge in [0.1, 0.15) is 0 Å². The van der Waals surface area contributed by atoms with Gasteiger partial charge in [-0.15, -0.1) is 10.2 Å². The fourth-order valence-electron chi connectivity index (χ4n) is 3.27. The molecule has 2 aromatic rings. The van der Waals surface area contributed by atoms with Crippen molar-refractivity contribution in [2.75, 3.05) is 11.4 Å². The summed E-state index contributed by atoms with van der Waals surface area (Å²) in [6.07, 6.45) is 0.477. The van der Waals surface area contributed by atoms with Crippen molar-refractivity contribution >= 4 is 17.6 Å². The second-order valence-electron chi connectivity index (χ2n) is 7.01. The van der Waals surface area contributed by atoms with Gasteiger partial charge >= 0.3 is 5.97 Å². The summed E-state index contributed by atoms with van der Waals surface area (Å²) in [5.41, 5.74) is 2.00. The van der Waals surface area contributed by atoms with Crippen LogP contribution in [0.5, 0.6) is 0 Å². The Bertz CT molecular complexity index is 832. The van der Waals surface area contributed by atoms with Gasteiger partial charge in [-0.25, -0.2) is 0 Å². The SMILES string of the molecule is CC[C@H](C)c1ccccc1N1C[C@@H](C(=O)O[C@@H](C)c2nnc(C)o2)CC1=O. The largest absolute Gasteiger partial charge is 0.452 e. The van der Waals surface area contributed by atoms with E-state index in [4.69, 9.17) is 9.15 Å². The van der Waals surface area contributed by atoms with Crippen LogP contribution < -0.4 is 4.90 Å². The molecule has 1 amide bonds. The Morgan fingerprint density at radius 3 is 2.74 bits per heavy atom. The van der Waals surface area contributed by atoms with Crippen LogP contribution in [0.25, 0.3) is 0 Å². The maximum absolute atomic E-state index is 12.6. The molecule has 3 rings (SSSR count). The number of esters is 1. The van der Waals surface area contributed by atoms with Gasteiger partial charge < -0.3 is 14.1 Å². The molecule has 0 unspecified atom stereocenters. The molecule has 1 aromatic heterocycles. The van der Waals surface area contributed by atoms with Crippen LogP contribution in [0, 0.1) is 12.8 Å². The number of carbonyl (C=O) groups is 2. The van der Waals surface area contributed by atoms with Crippen LogP contribution in [-0.4, -0.2) is 28.6 Å². The summed E-state index contributed by atoms with van der Waals surface area (Å²) in [7, 11) is 0. The van der Waals surface area contributed by atoms with Crippen molar-refractivity contribution in [2.24, 2.45) is 5.92 Å². The second-order valence-corrected chi connectivity index (χ2v) is 7.01. The minimum Gasteiger partial charge on any atom is -0.452 e. The summed E-state index contributed by atoms with van der Waals surface area (Å²) < 4.78 is 10.7. The Hall–Kier alpha value is -2.70. The molecule has 0 bridgehead atoms. The van der Waals surface area contributed by atoms with E-state index < -0.39 is 18.0 Å². The van der Waals surface area contributed by atoms with Crippen LogP contribution in [0.3, 0.4) is 0 Å². The lowest BCUT2D eigenvalue weighted by molar-refractivity contribution is -0.154. The van der Waals surface area contributed by atoms with E-state index in [1.54, 1.807) is 18.7 Å². The van der Waals surface area contributed by atoms with Gasteiger partial charge in [0.15, 0.2) is 6.10 Å². The molecule has 0 N–H and O–H groups in total. The second kappa shape index (κ2) is 7.90. The average Bonchev–Trinajstić information content (AvgIpc) is 3.27. The topological polar surface area (TPSA) is 85.5 Å². The number of benzene rings is 1. The van der Waals surface area contributed by atoms with Gasteiger partial charge in [0.2, 0.25) is 11.8 Å². The van der Waals surface area contributed by atoms with E-state index >= 15 is 0 Å². The first kappa shape index (κ1) is 19.1. The molecule has 0 spiro atoms. The zero-order valence-electron chi connectivity index (χ0n) is 16.1. The zero-order chi connectivity index (χ0) is 19.6. The molecule has 27 heavy (non-hydrogen) atoms. The van der Waals surface area contributed by atoms with E-state index in [9.17, 15) is 9.59 Å². The van der Waals surface area contributed by atoms with Crippen molar-refractivity contribution in [3.8, 4) is 0 Å². The van der Waals surface area contributed by atoms with Crippen molar-refractivity contribution in [3.05, 3.63) is 41.6 Å². The molecule has 1 saturated heterocycles. The first-order valence-corrected chi connectivity index (χ1v) is 9.30. The fourth-order valence-corrected chi connectivity index (χ4v) is 3.27. The van der Waals surface area contributed by atoms with E-state index in [-0.39, 0.29) is 18.2 Å². The molecule has 0 saturated carbocycles. The summed E-state index contributed by atoms with van der Waals surface area (Å²) in [4.78, 5) is 26.8. The molecule has 0 aliphatic carbocycles. The summed E-state index contributed by atoms with van der Waals surface area (Å²) in [5.74, 6) is 0.0138. The molecule has 3 atom stereocenters. The van der Waals surface area contributed by atoms with Crippen LogP contribution in [0.1, 0.15) is 63.0 Å². The molecular formula is C20H25N3O4. The quantitative estimate of drug-likeness (QED) is 0.722. The van der Waals surface area contributed by atoms with Gasteiger partial charge in [-0.05, 0) is 30.9 Å². The van der Waals surface area contributed by atoms with Gasteiger partial charge in [-0.1, -0.05) is 32.0 Å². The standard InChI is InChI=1S/C20H25N3O4/c1-5-12(2)16-8-6-7-9-17(16)23-11-15(10-18(23)24)20(25)26-13(3)19-22-21-14(4)27-19/h6-9,12-13,15H,5,10-11H2,1-4H3/t12-,13-,15-/m0/s1. The van der Waals surface area contributed by atoms with E-state index in [0.29, 0.717) is 18.4 Å². The van der Waals surface area contributed by atoms with E-state index in [0.717, 1.165) is 17.7 Å². The Kier molecular flexibility index (Phi) is 5.58. The summed E-state index contributed by atoms with van der Waals surface area (Å²) >= 11 is 0.